The van der Waals surface area contributed by atoms with Gasteiger partial charge in [-0.2, -0.15) is 13.2 Å². The van der Waals surface area contributed by atoms with Gasteiger partial charge in [-0.05, 0) is 29.5 Å². The molecule has 3 heterocycles. The van der Waals surface area contributed by atoms with Gasteiger partial charge in [-0.3, -0.25) is 15.0 Å². The van der Waals surface area contributed by atoms with E-state index in [1.807, 2.05) is 10.3 Å². The summed E-state index contributed by atoms with van der Waals surface area (Å²) in [6.45, 7) is 0.0285. The van der Waals surface area contributed by atoms with Gasteiger partial charge in [-0.25, -0.2) is 13.4 Å². The Labute approximate surface area is 226 Å². The Bertz CT molecular complexity index is 1480. The number of H-pyrrole nitrogens is 1. The third-order valence-corrected chi connectivity index (χ3v) is 7.80. The Morgan fingerprint density at radius 1 is 1.23 bits per heavy atom. The second kappa shape index (κ2) is 12.4. The topological polar surface area (TPSA) is 201 Å². The first-order chi connectivity index (χ1) is 18.3. The molecule has 0 radical (unpaired) electrons. The average molecular weight is 611 g/mol. The fourth-order valence-electron chi connectivity index (χ4n) is 2.79. The molecule has 0 bridgehead atoms. The molecule has 0 aliphatic rings. The number of carbonyl (C=O) groups excluding carboxylic acids is 2. The van der Waals surface area contributed by atoms with Gasteiger partial charge in [0.05, 0.1) is 23.2 Å². The van der Waals surface area contributed by atoms with E-state index in [1.54, 1.807) is 0 Å². The maximum Gasteiger partial charge on any atom is 0.417 e. The van der Waals surface area contributed by atoms with Crippen LogP contribution in [0.5, 0.6) is 0 Å². The van der Waals surface area contributed by atoms with Crippen molar-refractivity contribution in [3.63, 3.8) is 0 Å². The summed E-state index contributed by atoms with van der Waals surface area (Å²) >= 11 is 6.59. The zero-order valence-corrected chi connectivity index (χ0v) is 21.7. The van der Waals surface area contributed by atoms with Crippen LogP contribution < -0.4 is 20.9 Å². The van der Waals surface area contributed by atoms with Crippen molar-refractivity contribution >= 4 is 56.4 Å². The summed E-state index contributed by atoms with van der Waals surface area (Å²) in [4.78, 5) is 39.9. The number of alkyl halides is 3. The van der Waals surface area contributed by atoms with E-state index in [4.69, 9.17) is 11.6 Å². The van der Waals surface area contributed by atoms with Gasteiger partial charge in [0.25, 0.3) is 15.9 Å². The number of halogens is 4. The molecule has 0 aliphatic carbocycles. The van der Waals surface area contributed by atoms with Crippen molar-refractivity contribution in [1.29, 1.82) is 0 Å². The molecule has 0 aromatic carbocycles. The van der Waals surface area contributed by atoms with Gasteiger partial charge in [0, 0.05) is 24.0 Å². The second-order valence-electron chi connectivity index (χ2n) is 7.54. The van der Waals surface area contributed by atoms with Crippen molar-refractivity contribution in [1.82, 2.24) is 30.8 Å². The maximum absolute atomic E-state index is 12.7. The lowest BCUT2D eigenvalue weighted by atomic mass is 10.2. The predicted octanol–water partition coefficient (Wildman–Crippen LogP) is 2.58. The zero-order valence-electron chi connectivity index (χ0n) is 19.3. The van der Waals surface area contributed by atoms with Crippen LogP contribution in [0.1, 0.15) is 33.8 Å². The summed E-state index contributed by atoms with van der Waals surface area (Å²) in [6, 6.07) is 4.35. The third kappa shape index (κ3) is 8.34. The Morgan fingerprint density at radius 2 is 1.97 bits per heavy atom. The van der Waals surface area contributed by atoms with Gasteiger partial charge in [0.15, 0.2) is 5.69 Å². The van der Waals surface area contributed by atoms with E-state index >= 15 is 0 Å². The van der Waals surface area contributed by atoms with Crippen LogP contribution in [-0.4, -0.2) is 46.9 Å². The fourth-order valence-corrected chi connectivity index (χ4v) is 5.18. The summed E-state index contributed by atoms with van der Waals surface area (Å²) in [6.07, 6.45) is -3.93. The summed E-state index contributed by atoms with van der Waals surface area (Å²) in [5.41, 5.74) is 0.824. The first-order valence-electron chi connectivity index (χ1n) is 10.6. The third-order valence-electron chi connectivity index (χ3n) is 4.69. The summed E-state index contributed by atoms with van der Waals surface area (Å²) in [5, 5.41) is 21.2. The number of hydrogen-bond donors (Lipinski definition) is 5. The number of aromatic nitrogens is 3. The van der Waals surface area contributed by atoms with Crippen molar-refractivity contribution in [3.8, 4) is 0 Å². The monoisotopic (exact) mass is 610 g/mol. The number of nitro groups is 1. The number of hydrazine groups is 1. The molecular formula is C19H18ClF3N8O6S2. The number of amides is 2. The molecule has 0 spiro atoms. The van der Waals surface area contributed by atoms with Crippen LogP contribution in [0.15, 0.2) is 34.7 Å². The van der Waals surface area contributed by atoms with Crippen molar-refractivity contribution in [2.45, 2.75) is 29.8 Å². The van der Waals surface area contributed by atoms with Crippen LogP contribution in [0.4, 0.5) is 24.8 Å². The minimum Gasteiger partial charge on any atom is -0.369 e. The Kier molecular flexibility index (Phi) is 9.43. The smallest absolute Gasteiger partial charge is 0.369 e. The lowest BCUT2D eigenvalue weighted by molar-refractivity contribution is -0.389. The lowest BCUT2D eigenvalue weighted by Gasteiger charge is -2.11. The van der Waals surface area contributed by atoms with Crippen LogP contribution in [0.25, 0.3) is 0 Å². The van der Waals surface area contributed by atoms with E-state index in [0.29, 0.717) is 11.1 Å². The molecular weight excluding hydrogens is 593 g/mol. The van der Waals surface area contributed by atoms with E-state index in [9.17, 15) is 41.3 Å². The minimum atomic E-state index is -4.59. The highest BCUT2D eigenvalue weighted by atomic mass is 35.5. The predicted molar refractivity (Wildman–Crippen MR) is 131 cm³/mol. The Morgan fingerprint density at radius 3 is 2.62 bits per heavy atom. The van der Waals surface area contributed by atoms with Crippen LogP contribution >= 0.6 is 22.9 Å². The summed E-state index contributed by atoms with van der Waals surface area (Å²) < 4.78 is 62.7. The molecule has 20 heteroatoms. The van der Waals surface area contributed by atoms with Crippen molar-refractivity contribution in [2.24, 2.45) is 0 Å². The van der Waals surface area contributed by atoms with E-state index in [-0.39, 0.29) is 46.7 Å². The molecule has 210 valence electrons. The number of hydrogen-bond acceptors (Lipinski definition) is 10. The van der Waals surface area contributed by atoms with Crippen LogP contribution in [0, 0.1) is 10.1 Å². The molecule has 0 saturated carbocycles. The number of nitrogens with zero attached hydrogens (tertiary/aromatic N) is 3. The molecule has 2 amide bonds. The number of pyridine rings is 1. The molecule has 0 aliphatic heterocycles. The van der Waals surface area contributed by atoms with E-state index < -0.39 is 44.3 Å². The van der Waals surface area contributed by atoms with Gasteiger partial charge in [-0.1, -0.05) is 16.7 Å². The SMILES string of the molecule is O=C(CCCNc1ncc(C(F)(F)F)cc1Cl)NNS(=O)(=O)c1ccc(CNC(=O)c2cc([N+](=O)[O-])[nH]n2)s1. The highest BCUT2D eigenvalue weighted by molar-refractivity contribution is 7.91. The van der Waals surface area contributed by atoms with Crippen molar-refractivity contribution in [3.05, 3.63) is 61.7 Å². The number of nitrogens with one attached hydrogen (secondary N) is 5. The molecule has 0 atom stereocenters. The zero-order chi connectivity index (χ0) is 28.8. The number of thiophene rings is 1. The standard InChI is InChI=1S/C19H18ClF3N8O6S2/c20-12-6-10(19(21,22)23)8-25-17(12)24-5-1-2-15(32)29-30-39(36,37)16-4-3-11(38-16)9-26-18(33)13-7-14(28-27-13)31(34)35/h3-4,6-8,30H,1-2,5,9H2,(H,24,25)(H,26,33)(H,27,28)(H,29,32). The minimum absolute atomic E-state index is 0.00106. The molecule has 0 unspecified atom stereocenters. The van der Waals surface area contributed by atoms with Gasteiger partial charge < -0.3 is 20.7 Å². The number of carbonyl (C=O) groups is 2. The van der Waals surface area contributed by atoms with Crippen LogP contribution in [0.2, 0.25) is 5.02 Å². The molecule has 0 saturated heterocycles. The molecule has 14 nitrogen and oxygen atoms in total. The van der Waals surface area contributed by atoms with Gasteiger partial charge in [0.2, 0.25) is 5.91 Å². The highest BCUT2D eigenvalue weighted by Crippen LogP contribution is 2.32. The summed E-state index contributed by atoms with van der Waals surface area (Å²) in [7, 11) is -4.13. The van der Waals surface area contributed by atoms with Gasteiger partial charge >= 0.3 is 12.0 Å². The Balaban J connectivity index is 1.41. The highest BCUT2D eigenvalue weighted by Gasteiger charge is 2.31. The fraction of sp³-hybridized carbons (Fsp3) is 0.263. The molecule has 39 heavy (non-hydrogen) atoms. The maximum atomic E-state index is 12.7. The Hall–Kier alpha value is -3.81. The first-order valence-corrected chi connectivity index (χ1v) is 13.3. The van der Waals surface area contributed by atoms with Crippen molar-refractivity contribution in [2.75, 3.05) is 11.9 Å². The second-order valence-corrected chi connectivity index (χ2v) is 11.0. The van der Waals surface area contributed by atoms with E-state index in [2.05, 4.69) is 25.8 Å². The van der Waals surface area contributed by atoms with Gasteiger partial charge in [0.1, 0.15) is 10.0 Å². The van der Waals surface area contributed by atoms with Gasteiger partial charge in [-0.15, -0.1) is 21.3 Å². The van der Waals surface area contributed by atoms with E-state index in [1.165, 1.54) is 12.1 Å². The molecule has 0 fully saturated rings. The number of anilines is 1. The molecule has 3 rings (SSSR count). The van der Waals surface area contributed by atoms with Crippen LogP contribution in [0.3, 0.4) is 0 Å². The molecule has 3 aromatic rings. The number of sulfonamides is 1. The van der Waals surface area contributed by atoms with Crippen LogP contribution in [-0.2, 0) is 27.5 Å². The average Bonchev–Trinajstić information content (AvgIpc) is 3.55. The van der Waals surface area contributed by atoms with Crippen molar-refractivity contribution < 1.29 is 36.1 Å². The number of rotatable bonds is 12. The van der Waals surface area contributed by atoms with E-state index in [0.717, 1.165) is 23.5 Å². The quantitative estimate of drug-likeness (QED) is 0.116. The largest absolute Gasteiger partial charge is 0.417 e. The lowest BCUT2D eigenvalue weighted by Crippen LogP contribution is -2.41. The molecule has 5 N–H and O–H groups in total. The molecule has 3 aromatic heterocycles. The number of aromatic amines is 1. The normalized spacial score (nSPS) is 11.7. The first kappa shape index (κ1) is 29.7. The summed E-state index contributed by atoms with van der Waals surface area (Å²) in [5.74, 6) is -1.85.